The molecule has 2 rings (SSSR count). The molecule has 0 unspecified atom stereocenters. The van der Waals surface area contributed by atoms with Gasteiger partial charge in [-0.3, -0.25) is 0 Å². The Morgan fingerprint density at radius 2 is 1.79 bits per heavy atom. The van der Waals surface area contributed by atoms with Crippen LogP contribution in [0.3, 0.4) is 0 Å². The summed E-state index contributed by atoms with van der Waals surface area (Å²) in [5.74, 6) is 0.531. The van der Waals surface area contributed by atoms with Crippen molar-refractivity contribution < 1.29 is 8.42 Å². The molecular formula is C16H27IN4O2S. The molecule has 0 aliphatic heterocycles. The Labute approximate surface area is 162 Å². The lowest BCUT2D eigenvalue weighted by Crippen LogP contribution is -2.35. The monoisotopic (exact) mass is 466 g/mol. The summed E-state index contributed by atoms with van der Waals surface area (Å²) in [5, 5.41) is 0. The molecule has 24 heavy (non-hydrogen) atoms. The number of halogens is 1. The fraction of sp³-hybridized carbons (Fsp3) is 0.562. The average molecular weight is 466 g/mol. The summed E-state index contributed by atoms with van der Waals surface area (Å²) in [4.78, 5) is 6.66. The van der Waals surface area contributed by atoms with Crippen molar-refractivity contribution in [3.63, 3.8) is 0 Å². The van der Waals surface area contributed by atoms with Gasteiger partial charge in [0.25, 0.3) is 0 Å². The number of rotatable bonds is 6. The summed E-state index contributed by atoms with van der Waals surface area (Å²) in [7, 11) is 0.104. The molecule has 1 aromatic rings. The molecule has 0 bridgehead atoms. The molecule has 1 aliphatic rings. The molecule has 8 heteroatoms. The maximum Gasteiger partial charge on any atom is 0.243 e. The van der Waals surface area contributed by atoms with Gasteiger partial charge in [0, 0.05) is 26.2 Å². The second-order valence-electron chi connectivity index (χ2n) is 6.28. The van der Waals surface area contributed by atoms with E-state index < -0.39 is 10.0 Å². The first kappa shape index (κ1) is 21.2. The van der Waals surface area contributed by atoms with Crippen molar-refractivity contribution in [3.8, 4) is 0 Å². The molecule has 0 aromatic heterocycles. The van der Waals surface area contributed by atoms with Gasteiger partial charge in [-0.15, -0.1) is 24.0 Å². The molecule has 136 valence electrons. The van der Waals surface area contributed by atoms with Crippen molar-refractivity contribution in [2.45, 2.75) is 50.2 Å². The highest BCUT2D eigenvalue weighted by atomic mass is 127. The first-order valence-electron chi connectivity index (χ1n) is 7.83. The summed E-state index contributed by atoms with van der Waals surface area (Å²) in [6.07, 6.45) is 2.34. The van der Waals surface area contributed by atoms with Crippen LogP contribution in [0.2, 0.25) is 0 Å². The molecule has 0 heterocycles. The lowest BCUT2D eigenvalue weighted by atomic mass is 10.2. The van der Waals surface area contributed by atoms with Crippen LogP contribution in [-0.2, 0) is 16.6 Å². The predicted octanol–water partition coefficient (Wildman–Crippen LogP) is 2.24. The quantitative estimate of drug-likeness (QED) is 0.396. The third kappa shape index (κ3) is 5.06. The highest BCUT2D eigenvalue weighted by molar-refractivity contribution is 14.0. The van der Waals surface area contributed by atoms with E-state index in [2.05, 4.69) is 4.99 Å². The fourth-order valence-electron chi connectivity index (χ4n) is 2.14. The molecule has 1 saturated carbocycles. The van der Waals surface area contributed by atoms with Crippen LogP contribution in [0, 0.1) is 0 Å². The van der Waals surface area contributed by atoms with Gasteiger partial charge in [-0.25, -0.2) is 13.4 Å². The molecule has 0 spiro atoms. The summed E-state index contributed by atoms with van der Waals surface area (Å²) in [5.41, 5.74) is 6.89. The second-order valence-corrected chi connectivity index (χ2v) is 8.27. The van der Waals surface area contributed by atoms with Gasteiger partial charge >= 0.3 is 0 Å². The summed E-state index contributed by atoms with van der Waals surface area (Å²) in [6.45, 7) is 4.14. The van der Waals surface area contributed by atoms with Crippen molar-refractivity contribution in [1.29, 1.82) is 0 Å². The van der Waals surface area contributed by atoms with E-state index in [1.165, 1.54) is 17.1 Å². The normalized spacial score (nSPS) is 15.5. The standard InChI is InChI=1S/C16H26N4O2S.HI/c1-12(2)20(4)23(21,22)15-9-5-13(6-10-15)11-18-16(17)19(3)14-7-8-14;/h5-6,9-10,12,14H,7-8,11H2,1-4H3,(H2,17,18);1H. The number of nitrogens with zero attached hydrogens (tertiary/aromatic N) is 3. The first-order valence-corrected chi connectivity index (χ1v) is 9.27. The zero-order valence-electron chi connectivity index (χ0n) is 14.6. The lowest BCUT2D eigenvalue weighted by Gasteiger charge is -2.21. The third-order valence-electron chi connectivity index (χ3n) is 4.21. The summed E-state index contributed by atoms with van der Waals surface area (Å²) in [6, 6.07) is 7.27. The minimum atomic E-state index is -3.44. The van der Waals surface area contributed by atoms with Gasteiger partial charge in [-0.05, 0) is 44.4 Å². The first-order chi connectivity index (χ1) is 10.7. The maximum atomic E-state index is 12.4. The number of hydrogen-bond donors (Lipinski definition) is 1. The molecular weight excluding hydrogens is 439 g/mol. The minimum Gasteiger partial charge on any atom is -0.370 e. The van der Waals surface area contributed by atoms with Crippen molar-refractivity contribution in [1.82, 2.24) is 9.21 Å². The number of guanidine groups is 1. The molecule has 1 fully saturated rings. The van der Waals surface area contributed by atoms with Crippen molar-refractivity contribution in [2.24, 2.45) is 10.7 Å². The third-order valence-corrected chi connectivity index (χ3v) is 6.25. The number of aliphatic imine (C=N–C) groups is 1. The van der Waals surface area contributed by atoms with Crippen molar-refractivity contribution >= 4 is 40.0 Å². The zero-order chi connectivity index (χ0) is 17.2. The van der Waals surface area contributed by atoms with Crippen LogP contribution in [0.15, 0.2) is 34.2 Å². The van der Waals surface area contributed by atoms with Gasteiger partial charge < -0.3 is 10.6 Å². The Kier molecular flexibility index (Phi) is 7.48. The van der Waals surface area contributed by atoms with E-state index in [-0.39, 0.29) is 30.0 Å². The van der Waals surface area contributed by atoms with Gasteiger partial charge in [-0.1, -0.05) is 12.1 Å². The summed E-state index contributed by atoms with van der Waals surface area (Å²) < 4.78 is 26.2. The summed E-state index contributed by atoms with van der Waals surface area (Å²) >= 11 is 0. The number of benzene rings is 1. The van der Waals surface area contributed by atoms with Gasteiger partial charge in [0.15, 0.2) is 5.96 Å². The number of sulfonamides is 1. The molecule has 0 saturated heterocycles. The van der Waals surface area contributed by atoms with Crippen molar-refractivity contribution in [2.75, 3.05) is 14.1 Å². The van der Waals surface area contributed by atoms with E-state index in [0.717, 1.165) is 5.56 Å². The predicted molar refractivity (Wildman–Crippen MR) is 108 cm³/mol. The molecule has 1 aliphatic carbocycles. The topological polar surface area (TPSA) is 79.0 Å². The zero-order valence-corrected chi connectivity index (χ0v) is 17.8. The van der Waals surface area contributed by atoms with Gasteiger partial charge in [0.2, 0.25) is 10.0 Å². The average Bonchev–Trinajstić information content (AvgIpc) is 3.36. The Bertz CT molecular complexity index is 670. The van der Waals surface area contributed by atoms with E-state index >= 15 is 0 Å². The Morgan fingerprint density at radius 3 is 2.25 bits per heavy atom. The van der Waals surface area contributed by atoms with E-state index in [1.807, 2.05) is 25.8 Å². The second kappa shape index (κ2) is 8.48. The van der Waals surface area contributed by atoms with E-state index in [9.17, 15) is 8.42 Å². The van der Waals surface area contributed by atoms with Crippen LogP contribution in [0.4, 0.5) is 0 Å². The molecule has 0 radical (unpaired) electrons. The van der Waals surface area contributed by atoms with Gasteiger partial charge in [0.05, 0.1) is 11.4 Å². The minimum absolute atomic E-state index is 0. The van der Waals surface area contributed by atoms with E-state index in [4.69, 9.17) is 5.73 Å². The van der Waals surface area contributed by atoms with Gasteiger partial charge in [0.1, 0.15) is 0 Å². The van der Waals surface area contributed by atoms with E-state index in [1.54, 1.807) is 31.3 Å². The van der Waals surface area contributed by atoms with Crippen LogP contribution in [0.5, 0.6) is 0 Å². The van der Waals surface area contributed by atoms with Crippen LogP contribution >= 0.6 is 24.0 Å². The molecule has 1 aromatic carbocycles. The SMILES string of the molecule is CC(C)N(C)S(=O)(=O)c1ccc(CN=C(N)N(C)C2CC2)cc1.I. The molecule has 6 nitrogen and oxygen atoms in total. The van der Waals surface area contributed by atoms with Crippen molar-refractivity contribution in [3.05, 3.63) is 29.8 Å². The van der Waals surface area contributed by atoms with Crippen LogP contribution in [0.1, 0.15) is 32.3 Å². The van der Waals surface area contributed by atoms with E-state index in [0.29, 0.717) is 23.4 Å². The molecule has 2 N–H and O–H groups in total. The number of hydrogen-bond acceptors (Lipinski definition) is 3. The van der Waals surface area contributed by atoms with Crippen LogP contribution in [0.25, 0.3) is 0 Å². The largest absolute Gasteiger partial charge is 0.370 e. The highest BCUT2D eigenvalue weighted by Gasteiger charge is 2.27. The Morgan fingerprint density at radius 1 is 1.25 bits per heavy atom. The molecule has 0 amide bonds. The highest BCUT2D eigenvalue weighted by Crippen LogP contribution is 2.25. The van der Waals surface area contributed by atoms with Crippen LogP contribution < -0.4 is 5.73 Å². The lowest BCUT2D eigenvalue weighted by molar-refractivity contribution is 0.410. The maximum absolute atomic E-state index is 12.4. The number of nitrogens with two attached hydrogens (primary N) is 1. The Hall–Kier alpha value is -0.870. The molecule has 0 atom stereocenters. The fourth-order valence-corrected chi connectivity index (χ4v) is 3.51. The van der Waals surface area contributed by atoms with Crippen LogP contribution in [-0.4, -0.2) is 49.8 Å². The smallest absolute Gasteiger partial charge is 0.243 e. The van der Waals surface area contributed by atoms with Gasteiger partial charge in [-0.2, -0.15) is 4.31 Å². The Balaban J connectivity index is 0.00000288.